The van der Waals surface area contributed by atoms with Crippen molar-refractivity contribution in [1.29, 1.82) is 0 Å². The summed E-state index contributed by atoms with van der Waals surface area (Å²) in [5, 5.41) is 10.3. The molecule has 1 fully saturated rings. The molecule has 2 atom stereocenters. The van der Waals surface area contributed by atoms with Gasteiger partial charge in [0.05, 0.1) is 11.4 Å². The first-order valence-electron chi connectivity index (χ1n) is 11.4. The molecule has 2 aliphatic carbocycles. The molecule has 0 radical (unpaired) electrons. The molecule has 0 unspecified atom stereocenters. The molecule has 1 saturated carbocycles. The predicted molar refractivity (Wildman–Crippen MR) is 129 cm³/mol. The fourth-order valence-electron chi connectivity index (χ4n) is 6.10. The maximum atomic E-state index is 13.6. The number of carbonyl (C=O) groups excluding carboxylic acids is 1. The van der Waals surface area contributed by atoms with E-state index in [2.05, 4.69) is 50.4 Å². The van der Waals surface area contributed by atoms with E-state index in [9.17, 15) is 4.79 Å². The zero-order valence-corrected chi connectivity index (χ0v) is 18.7. The summed E-state index contributed by atoms with van der Waals surface area (Å²) < 4.78 is 2.03. The van der Waals surface area contributed by atoms with Crippen LogP contribution in [0.15, 0.2) is 72.8 Å². The van der Waals surface area contributed by atoms with Gasteiger partial charge in [0.2, 0.25) is 0 Å². The summed E-state index contributed by atoms with van der Waals surface area (Å²) in [6.45, 7) is 7.06. The van der Waals surface area contributed by atoms with Crippen molar-refractivity contribution >= 4 is 22.4 Å². The minimum atomic E-state index is -0.127. The maximum absolute atomic E-state index is 13.6. The Morgan fingerprint density at radius 3 is 2.47 bits per heavy atom. The molecule has 1 amide bonds. The van der Waals surface area contributed by atoms with Crippen LogP contribution in [0.25, 0.3) is 16.5 Å². The molecular weight excluding hydrogens is 394 g/mol. The minimum Gasteiger partial charge on any atom is -0.321 e. The molecule has 0 saturated heterocycles. The van der Waals surface area contributed by atoms with Crippen LogP contribution >= 0.6 is 0 Å². The molecule has 3 aromatic carbocycles. The number of nitrogens with one attached hydrogen (secondary N) is 1. The number of hydrogen-bond acceptors (Lipinski definition) is 2. The lowest BCUT2D eigenvalue weighted by atomic mass is 9.70. The van der Waals surface area contributed by atoms with Gasteiger partial charge >= 0.3 is 0 Å². The summed E-state index contributed by atoms with van der Waals surface area (Å²) in [6.07, 6.45) is 2.23. The number of benzene rings is 3. The number of hydrogen-bond donors (Lipinski definition) is 1. The molecule has 2 bridgehead atoms. The Morgan fingerprint density at radius 2 is 1.69 bits per heavy atom. The second kappa shape index (κ2) is 6.55. The standard InChI is InChI=1S/C28H27N3O/c1-27(2)22-15-16-28(27,3)25-23(22)24(30-31(25)21-11-5-4-6-12-21)26(32)29-20-14-13-18-9-7-8-10-19(18)17-20/h4-14,17,22H,15-16H2,1-3H3,(H,29,32)/t22-,28+/m1/s1. The smallest absolute Gasteiger partial charge is 0.276 e. The summed E-state index contributed by atoms with van der Waals surface area (Å²) >= 11 is 0. The van der Waals surface area contributed by atoms with Crippen LogP contribution in [0, 0.1) is 5.41 Å². The molecule has 32 heavy (non-hydrogen) atoms. The number of amides is 1. The van der Waals surface area contributed by atoms with E-state index in [0.29, 0.717) is 11.6 Å². The van der Waals surface area contributed by atoms with Gasteiger partial charge in [0, 0.05) is 16.7 Å². The third kappa shape index (κ3) is 2.49. The molecular formula is C28H27N3O. The van der Waals surface area contributed by atoms with Crippen molar-refractivity contribution < 1.29 is 4.79 Å². The molecule has 2 aliphatic rings. The van der Waals surface area contributed by atoms with Crippen molar-refractivity contribution in [2.45, 2.75) is 44.9 Å². The van der Waals surface area contributed by atoms with Gasteiger partial charge in [-0.3, -0.25) is 4.79 Å². The molecule has 4 aromatic rings. The maximum Gasteiger partial charge on any atom is 0.276 e. The lowest BCUT2D eigenvalue weighted by Crippen LogP contribution is -2.33. The molecule has 4 nitrogen and oxygen atoms in total. The minimum absolute atomic E-state index is 0.00266. The molecule has 1 N–H and O–H groups in total. The summed E-state index contributed by atoms with van der Waals surface area (Å²) in [5.41, 5.74) is 4.83. The molecule has 0 spiro atoms. The summed E-state index contributed by atoms with van der Waals surface area (Å²) in [7, 11) is 0. The summed E-state index contributed by atoms with van der Waals surface area (Å²) in [5.74, 6) is 0.218. The lowest BCUT2D eigenvalue weighted by molar-refractivity contribution is 0.101. The average molecular weight is 422 g/mol. The molecule has 6 rings (SSSR count). The number of anilines is 1. The molecule has 1 aromatic heterocycles. The SMILES string of the molecule is CC1(C)[C@@H]2CC[C@@]1(C)c1c2c(C(=O)Nc2ccc3ccccc3c2)nn1-c1ccccc1. The topological polar surface area (TPSA) is 46.9 Å². The van der Waals surface area contributed by atoms with Gasteiger partial charge in [-0.05, 0) is 59.2 Å². The van der Waals surface area contributed by atoms with Gasteiger partial charge < -0.3 is 5.32 Å². The predicted octanol–water partition coefficient (Wildman–Crippen LogP) is 6.45. The Hall–Kier alpha value is -3.40. The van der Waals surface area contributed by atoms with Gasteiger partial charge in [-0.1, -0.05) is 69.3 Å². The number of para-hydroxylation sites is 1. The third-order valence-electron chi connectivity index (χ3n) is 8.24. The zero-order chi connectivity index (χ0) is 22.1. The van der Waals surface area contributed by atoms with E-state index in [1.807, 2.05) is 53.2 Å². The highest BCUT2D eigenvalue weighted by molar-refractivity contribution is 6.05. The van der Waals surface area contributed by atoms with E-state index in [0.717, 1.165) is 40.6 Å². The van der Waals surface area contributed by atoms with Crippen LogP contribution in [0.5, 0.6) is 0 Å². The molecule has 0 aliphatic heterocycles. The number of fused-ring (bicyclic) bond motifs is 6. The Bertz CT molecular complexity index is 1370. The lowest BCUT2D eigenvalue weighted by Gasteiger charge is -2.35. The van der Waals surface area contributed by atoms with Crippen LogP contribution in [0.2, 0.25) is 0 Å². The van der Waals surface area contributed by atoms with Crippen molar-refractivity contribution in [3.05, 3.63) is 89.7 Å². The van der Waals surface area contributed by atoms with E-state index in [4.69, 9.17) is 5.10 Å². The summed E-state index contributed by atoms with van der Waals surface area (Å²) in [4.78, 5) is 13.6. The third-order valence-corrected chi connectivity index (χ3v) is 8.24. The Kier molecular flexibility index (Phi) is 3.95. The Balaban J connectivity index is 1.47. The first-order chi connectivity index (χ1) is 15.4. The molecule has 4 heteroatoms. The van der Waals surface area contributed by atoms with Crippen LogP contribution in [0.4, 0.5) is 5.69 Å². The quantitative estimate of drug-likeness (QED) is 0.413. The van der Waals surface area contributed by atoms with E-state index < -0.39 is 0 Å². The van der Waals surface area contributed by atoms with Gasteiger partial charge in [0.15, 0.2) is 5.69 Å². The number of nitrogens with zero attached hydrogens (tertiary/aromatic N) is 2. The fourth-order valence-corrected chi connectivity index (χ4v) is 6.10. The van der Waals surface area contributed by atoms with Gasteiger partial charge in [-0.25, -0.2) is 4.68 Å². The van der Waals surface area contributed by atoms with Gasteiger partial charge in [-0.15, -0.1) is 0 Å². The van der Waals surface area contributed by atoms with Crippen LogP contribution in [-0.2, 0) is 5.41 Å². The monoisotopic (exact) mass is 421 g/mol. The fraction of sp³-hybridized carbons (Fsp3) is 0.286. The molecule has 1 heterocycles. The van der Waals surface area contributed by atoms with Crippen LogP contribution < -0.4 is 5.32 Å². The Morgan fingerprint density at radius 1 is 0.969 bits per heavy atom. The van der Waals surface area contributed by atoms with E-state index >= 15 is 0 Å². The summed E-state index contributed by atoms with van der Waals surface area (Å²) in [6, 6.07) is 24.4. The van der Waals surface area contributed by atoms with Gasteiger partial charge in [0.1, 0.15) is 0 Å². The number of carbonyl (C=O) groups is 1. The van der Waals surface area contributed by atoms with E-state index in [1.54, 1.807) is 0 Å². The first kappa shape index (κ1) is 19.3. The van der Waals surface area contributed by atoms with E-state index in [-0.39, 0.29) is 16.7 Å². The highest BCUT2D eigenvalue weighted by Crippen LogP contribution is 2.68. The highest BCUT2D eigenvalue weighted by Gasteiger charge is 2.63. The van der Waals surface area contributed by atoms with Crippen molar-refractivity contribution in [3.63, 3.8) is 0 Å². The second-order valence-corrected chi connectivity index (χ2v) is 10.0. The van der Waals surface area contributed by atoms with Gasteiger partial charge in [0.25, 0.3) is 5.91 Å². The largest absolute Gasteiger partial charge is 0.321 e. The highest BCUT2D eigenvalue weighted by atomic mass is 16.2. The normalized spacial score (nSPS) is 22.8. The van der Waals surface area contributed by atoms with Crippen molar-refractivity contribution in [1.82, 2.24) is 9.78 Å². The van der Waals surface area contributed by atoms with E-state index in [1.165, 1.54) is 5.69 Å². The average Bonchev–Trinajstić information content (AvgIpc) is 3.36. The number of aromatic nitrogens is 2. The van der Waals surface area contributed by atoms with Crippen molar-refractivity contribution in [2.24, 2.45) is 5.41 Å². The van der Waals surface area contributed by atoms with Crippen molar-refractivity contribution in [3.8, 4) is 5.69 Å². The van der Waals surface area contributed by atoms with Crippen LogP contribution in [0.1, 0.15) is 61.3 Å². The van der Waals surface area contributed by atoms with Gasteiger partial charge in [-0.2, -0.15) is 5.10 Å². The Labute approximate surface area is 188 Å². The molecule has 160 valence electrons. The van der Waals surface area contributed by atoms with Crippen LogP contribution in [-0.4, -0.2) is 15.7 Å². The zero-order valence-electron chi connectivity index (χ0n) is 18.7. The first-order valence-corrected chi connectivity index (χ1v) is 11.4. The number of rotatable bonds is 3. The van der Waals surface area contributed by atoms with Crippen LogP contribution in [0.3, 0.4) is 0 Å². The van der Waals surface area contributed by atoms with Crippen molar-refractivity contribution in [2.75, 3.05) is 5.32 Å². The second-order valence-electron chi connectivity index (χ2n) is 10.0.